The van der Waals surface area contributed by atoms with E-state index in [-0.39, 0.29) is 5.91 Å². The molecule has 5 rings (SSSR count). The Kier molecular flexibility index (Phi) is 5.40. The fourth-order valence-corrected chi connectivity index (χ4v) is 4.37. The van der Waals surface area contributed by atoms with E-state index in [4.69, 9.17) is 4.74 Å². The van der Waals surface area contributed by atoms with Gasteiger partial charge in [-0.05, 0) is 34.0 Å². The minimum Gasteiger partial charge on any atom is -0.496 e. The molecule has 0 atom stereocenters. The van der Waals surface area contributed by atoms with Crippen LogP contribution in [0.3, 0.4) is 0 Å². The lowest BCUT2D eigenvalue weighted by atomic mass is 10.0. The van der Waals surface area contributed by atoms with Crippen molar-refractivity contribution in [2.24, 2.45) is 0 Å². The molecule has 0 saturated heterocycles. The number of fused-ring (bicyclic) bond motifs is 1. The summed E-state index contributed by atoms with van der Waals surface area (Å²) in [5.74, 6) is 0.294. The maximum Gasteiger partial charge on any atom is 0.261 e. The third-order valence-corrected chi connectivity index (χ3v) is 6.08. The minimum absolute atomic E-state index is 0.243. The second kappa shape index (κ2) is 8.65. The van der Waals surface area contributed by atoms with Crippen molar-refractivity contribution in [1.29, 1.82) is 0 Å². The Balaban J connectivity index is 1.36. The monoisotopic (exact) mass is 436 g/mol. The van der Waals surface area contributed by atoms with Crippen molar-refractivity contribution in [2.45, 2.75) is 0 Å². The van der Waals surface area contributed by atoms with Gasteiger partial charge in [0, 0.05) is 10.9 Å². The Morgan fingerprint density at radius 3 is 2.16 bits per heavy atom. The number of hydrogen-bond donors (Lipinski definition) is 1. The summed E-state index contributed by atoms with van der Waals surface area (Å²) in [6.45, 7) is 0. The van der Waals surface area contributed by atoms with E-state index in [1.165, 1.54) is 16.9 Å². The first-order valence-electron chi connectivity index (χ1n) is 10.2. The standard InChI is InChI=1S/C27H20N2O2S/c1-31-25-16-22-10-6-5-9-21(22)15-23(25)26(30)29-27-28-24(17-32-27)20-13-11-19(12-14-20)18-7-3-2-4-8-18/h2-17H,1H3,(H,28,29,30). The first kappa shape index (κ1) is 20.0. The van der Waals surface area contributed by atoms with Crippen LogP contribution in [0.25, 0.3) is 33.2 Å². The van der Waals surface area contributed by atoms with E-state index >= 15 is 0 Å². The van der Waals surface area contributed by atoms with Crippen LogP contribution in [0.1, 0.15) is 10.4 Å². The Morgan fingerprint density at radius 2 is 1.44 bits per heavy atom. The molecule has 32 heavy (non-hydrogen) atoms. The van der Waals surface area contributed by atoms with Crippen molar-refractivity contribution in [3.8, 4) is 28.1 Å². The summed E-state index contributed by atoms with van der Waals surface area (Å²) in [6, 6.07) is 30.1. The maximum atomic E-state index is 13.0. The quantitative estimate of drug-likeness (QED) is 0.326. The summed E-state index contributed by atoms with van der Waals surface area (Å²) in [5.41, 5.74) is 4.64. The van der Waals surface area contributed by atoms with Crippen molar-refractivity contribution in [2.75, 3.05) is 12.4 Å². The number of nitrogens with zero attached hydrogens (tertiary/aromatic N) is 1. The molecule has 5 aromatic rings. The molecule has 0 unspecified atom stereocenters. The second-order valence-corrected chi connectivity index (χ2v) is 8.19. The molecule has 0 saturated carbocycles. The van der Waals surface area contributed by atoms with Crippen LogP contribution >= 0.6 is 11.3 Å². The maximum absolute atomic E-state index is 13.0. The summed E-state index contributed by atoms with van der Waals surface area (Å²) in [4.78, 5) is 17.6. The molecule has 5 heteroatoms. The van der Waals surface area contributed by atoms with Crippen LogP contribution in [0.5, 0.6) is 5.75 Å². The molecule has 1 N–H and O–H groups in total. The molecular weight excluding hydrogens is 416 g/mol. The Morgan fingerprint density at radius 1 is 0.812 bits per heavy atom. The Hall–Kier alpha value is -3.96. The van der Waals surface area contributed by atoms with E-state index < -0.39 is 0 Å². The fraction of sp³-hybridized carbons (Fsp3) is 0.0370. The van der Waals surface area contributed by atoms with Gasteiger partial charge in [-0.2, -0.15) is 0 Å². The molecular formula is C27H20N2O2S. The van der Waals surface area contributed by atoms with E-state index in [9.17, 15) is 4.79 Å². The van der Waals surface area contributed by atoms with Gasteiger partial charge in [0.25, 0.3) is 5.91 Å². The molecule has 4 nitrogen and oxygen atoms in total. The van der Waals surface area contributed by atoms with Crippen LogP contribution in [0.2, 0.25) is 0 Å². The molecule has 0 spiro atoms. The largest absolute Gasteiger partial charge is 0.496 e. The first-order chi connectivity index (χ1) is 15.7. The summed E-state index contributed by atoms with van der Waals surface area (Å²) in [7, 11) is 1.57. The highest BCUT2D eigenvalue weighted by molar-refractivity contribution is 7.14. The van der Waals surface area contributed by atoms with Crippen LogP contribution in [0.4, 0.5) is 5.13 Å². The van der Waals surface area contributed by atoms with Gasteiger partial charge >= 0.3 is 0 Å². The van der Waals surface area contributed by atoms with Crippen LogP contribution in [-0.2, 0) is 0 Å². The van der Waals surface area contributed by atoms with E-state index in [0.29, 0.717) is 16.4 Å². The third kappa shape index (κ3) is 3.98. The zero-order valence-corrected chi connectivity index (χ0v) is 18.2. The molecule has 0 aliphatic heterocycles. The number of carbonyl (C=O) groups is 1. The normalized spacial score (nSPS) is 10.8. The van der Waals surface area contributed by atoms with Gasteiger partial charge < -0.3 is 4.74 Å². The number of thiazole rings is 1. The van der Waals surface area contributed by atoms with Crippen molar-refractivity contribution in [3.05, 3.63) is 102 Å². The highest BCUT2D eigenvalue weighted by Gasteiger charge is 2.16. The average Bonchev–Trinajstić information content (AvgIpc) is 3.32. The Labute approximate surface area is 190 Å². The molecule has 1 heterocycles. The fourth-order valence-electron chi connectivity index (χ4n) is 3.66. The predicted molar refractivity (Wildman–Crippen MR) is 131 cm³/mol. The average molecular weight is 437 g/mol. The molecule has 1 amide bonds. The SMILES string of the molecule is COc1cc2ccccc2cc1C(=O)Nc1nc(-c2ccc(-c3ccccc3)cc2)cs1. The van der Waals surface area contributed by atoms with Gasteiger partial charge in [0.15, 0.2) is 5.13 Å². The van der Waals surface area contributed by atoms with Gasteiger partial charge in [0.2, 0.25) is 0 Å². The van der Waals surface area contributed by atoms with Gasteiger partial charge in [-0.3, -0.25) is 10.1 Å². The van der Waals surface area contributed by atoms with Crippen LogP contribution in [0, 0.1) is 0 Å². The first-order valence-corrected chi connectivity index (χ1v) is 11.1. The zero-order chi connectivity index (χ0) is 21.9. The van der Waals surface area contributed by atoms with Crippen molar-refractivity contribution >= 4 is 33.1 Å². The number of nitrogens with one attached hydrogen (secondary N) is 1. The van der Waals surface area contributed by atoms with E-state index in [2.05, 4.69) is 46.7 Å². The van der Waals surface area contributed by atoms with E-state index in [1.54, 1.807) is 7.11 Å². The lowest BCUT2D eigenvalue weighted by Gasteiger charge is -2.10. The number of methoxy groups -OCH3 is 1. The van der Waals surface area contributed by atoms with Gasteiger partial charge in [-0.15, -0.1) is 11.3 Å². The third-order valence-electron chi connectivity index (χ3n) is 5.32. The topological polar surface area (TPSA) is 51.2 Å². The number of ether oxygens (including phenoxy) is 1. The van der Waals surface area contributed by atoms with E-state index in [1.807, 2.05) is 60.0 Å². The highest BCUT2D eigenvalue weighted by Crippen LogP contribution is 2.30. The van der Waals surface area contributed by atoms with Crippen LogP contribution in [0.15, 0.2) is 96.4 Å². The number of rotatable bonds is 5. The number of benzene rings is 4. The number of carbonyl (C=O) groups excluding carboxylic acids is 1. The smallest absolute Gasteiger partial charge is 0.261 e. The molecule has 156 valence electrons. The lowest BCUT2D eigenvalue weighted by Crippen LogP contribution is -2.13. The number of amides is 1. The lowest BCUT2D eigenvalue weighted by molar-refractivity contribution is 0.102. The van der Waals surface area contributed by atoms with Gasteiger partial charge in [0.1, 0.15) is 5.75 Å². The van der Waals surface area contributed by atoms with Crippen molar-refractivity contribution in [3.63, 3.8) is 0 Å². The number of aromatic nitrogens is 1. The second-order valence-electron chi connectivity index (χ2n) is 7.34. The summed E-state index contributed by atoms with van der Waals surface area (Å²) in [5, 5.41) is 7.42. The molecule has 0 radical (unpaired) electrons. The minimum atomic E-state index is -0.243. The van der Waals surface area contributed by atoms with Crippen molar-refractivity contribution < 1.29 is 9.53 Å². The molecule has 0 bridgehead atoms. The molecule has 1 aromatic heterocycles. The van der Waals surface area contributed by atoms with Crippen molar-refractivity contribution in [1.82, 2.24) is 4.98 Å². The van der Waals surface area contributed by atoms with Crippen LogP contribution in [-0.4, -0.2) is 18.0 Å². The van der Waals surface area contributed by atoms with Crippen LogP contribution < -0.4 is 10.1 Å². The summed E-state index contributed by atoms with van der Waals surface area (Å²) >= 11 is 1.40. The predicted octanol–water partition coefficient (Wildman–Crippen LogP) is 6.89. The molecule has 4 aromatic carbocycles. The Bertz CT molecular complexity index is 1390. The molecule has 0 fully saturated rings. The zero-order valence-electron chi connectivity index (χ0n) is 17.4. The molecule has 0 aliphatic carbocycles. The summed E-state index contributed by atoms with van der Waals surface area (Å²) < 4.78 is 5.46. The molecule has 0 aliphatic rings. The van der Waals surface area contributed by atoms with E-state index in [0.717, 1.165) is 27.6 Å². The number of hydrogen-bond acceptors (Lipinski definition) is 4. The highest BCUT2D eigenvalue weighted by atomic mass is 32.1. The van der Waals surface area contributed by atoms with Gasteiger partial charge in [0.05, 0.1) is 18.4 Å². The summed E-state index contributed by atoms with van der Waals surface area (Å²) in [6.07, 6.45) is 0. The number of anilines is 1. The van der Waals surface area contributed by atoms with Gasteiger partial charge in [-0.25, -0.2) is 4.98 Å². The van der Waals surface area contributed by atoms with Gasteiger partial charge in [-0.1, -0.05) is 78.9 Å².